The molecule has 0 aliphatic carbocycles. The first-order valence-electron chi connectivity index (χ1n) is 5.91. The van der Waals surface area contributed by atoms with Crippen molar-refractivity contribution >= 4 is 12.4 Å². The molecule has 1 rings (SSSR count). The second kappa shape index (κ2) is 9.19. The summed E-state index contributed by atoms with van der Waals surface area (Å²) >= 11 is 0. The van der Waals surface area contributed by atoms with Gasteiger partial charge in [0.1, 0.15) is 0 Å². The number of nitrogens with zero attached hydrogens (tertiary/aromatic N) is 1. The molecule has 4 nitrogen and oxygen atoms in total. The highest BCUT2D eigenvalue weighted by molar-refractivity contribution is 5.85. The number of hydrogen-bond donors (Lipinski definition) is 1. The maximum atomic E-state index is 5.64. The Morgan fingerprint density at radius 3 is 2.81 bits per heavy atom. The van der Waals surface area contributed by atoms with Crippen molar-refractivity contribution in [1.82, 2.24) is 4.90 Å². The summed E-state index contributed by atoms with van der Waals surface area (Å²) in [6.07, 6.45) is 1.49. The Hall–Kier alpha value is 0.130. The van der Waals surface area contributed by atoms with E-state index in [1.165, 1.54) is 0 Å². The summed E-state index contributed by atoms with van der Waals surface area (Å²) in [5.41, 5.74) is 5.36. The van der Waals surface area contributed by atoms with E-state index < -0.39 is 0 Å². The lowest BCUT2D eigenvalue weighted by atomic mass is 10.1. The molecule has 0 aromatic heterocycles. The van der Waals surface area contributed by atoms with E-state index in [1.807, 2.05) is 0 Å². The lowest BCUT2D eigenvalue weighted by molar-refractivity contribution is -0.0628. The second-order valence-corrected chi connectivity index (χ2v) is 4.10. The minimum atomic E-state index is 0. The molecule has 2 N–H and O–H groups in total. The Labute approximate surface area is 105 Å². The fraction of sp³-hybridized carbons (Fsp3) is 1.00. The SMILES string of the molecule is CCC1COC(C)CN1CCOCCN.Cl. The molecule has 1 heterocycles. The molecule has 0 bridgehead atoms. The van der Waals surface area contributed by atoms with E-state index in [2.05, 4.69) is 18.7 Å². The van der Waals surface area contributed by atoms with Crippen molar-refractivity contribution in [2.45, 2.75) is 32.4 Å². The van der Waals surface area contributed by atoms with Gasteiger partial charge in [-0.2, -0.15) is 0 Å². The second-order valence-electron chi connectivity index (χ2n) is 4.10. The van der Waals surface area contributed by atoms with Gasteiger partial charge in [0.15, 0.2) is 0 Å². The minimum absolute atomic E-state index is 0. The van der Waals surface area contributed by atoms with Crippen LogP contribution in [-0.4, -0.2) is 56.5 Å². The molecular weight excluding hydrogens is 228 g/mol. The topological polar surface area (TPSA) is 47.7 Å². The lowest BCUT2D eigenvalue weighted by Gasteiger charge is -2.38. The number of morpholine rings is 1. The summed E-state index contributed by atoms with van der Waals surface area (Å²) in [7, 11) is 0. The van der Waals surface area contributed by atoms with Crippen molar-refractivity contribution in [3.8, 4) is 0 Å². The molecule has 0 radical (unpaired) electrons. The summed E-state index contributed by atoms with van der Waals surface area (Å²) in [5, 5.41) is 0. The number of nitrogens with two attached hydrogens (primary N) is 1. The fourth-order valence-corrected chi connectivity index (χ4v) is 1.93. The Kier molecular flexibility index (Phi) is 9.26. The highest BCUT2D eigenvalue weighted by Crippen LogP contribution is 2.13. The number of hydrogen-bond acceptors (Lipinski definition) is 4. The third-order valence-corrected chi connectivity index (χ3v) is 2.84. The van der Waals surface area contributed by atoms with Crippen LogP contribution in [0.25, 0.3) is 0 Å². The van der Waals surface area contributed by atoms with E-state index in [4.69, 9.17) is 15.2 Å². The van der Waals surface area contributed by atoms with Crippen LogP contribution in [0.1, 0.15) is 20.3 Å². The highest BCUT2D eigenvalue weighted by atomic mass is 35.5. The summed E-state index contributed by atoms with van der Waals surface area (Å²) in [6.45, 7) is 9.25. The largest absolute Gasteiger partial charge is 0.379 e. The maximum Gasteiger partial charge on any atom is 0.0674 e. The molecule has 1 aliphatic rings. The predicted octanol–water partition coefficient (Wildman–Crippen LogP) is 0.883. The van der Waals surface area contributed by atoms with Crippen molar-refractivity contribution in [1.29, 1.82) is 0 Å². The average Bonchev–Trinajstić information content (AvgIpc) is 2.25. The van der Waals surface area contributed by atoms with E-state index in [0.717, 1.165) is 32.7 Å². The van der Waals surface area contributed by atoms with Gasteiger partial charge in [-0.05, 0) is 13.3 Å². The summed E-state index contributed by atoms with van der Waals surface area (Å²) in [4.78, 5) is 2.46. The third kappa shape index (κ3) is 5.46. The van der Waals surface area contributed by atoms with Gasteiger partial charge >= 0.3 is 0 Å². The van der Waals surface area contributed by atoms with Crippen molar-refractivity contribution in [2.24, 2.45) is 5.73 Å². The van der Waals surface area contributed by atoms with Gasteiger partial charge in [0.25, 0.3) is 0 Å². The van der Waals surface area contributed by atoms with Crippen LogP contribution in [0.3, 0.4) is 0 Å². The number of rotatable bonds is 6. The molecular formula is C11H25ClN2O2. The van der Waals surface area contributed by atoms with Gasteiger partial charge in [0, 0.05) is 25.7 Å². The van der Waals surface area contributed by atoms with E-state index in [1.54, 1.807) is 0 Å². The third-order valence-electron chi connectivity index (χ3n) is 2.84. The van der Waals surface area contributed by atoms with E-state index in [-0.39, 0.29) is 12.4 Å². The van der Waals surface area contributed by atoms with Gasteiger partial charge in [-0.15, -0.1) is 12.4 Å². The normalized spacial score (nSPS) is 26.4. The Morgan fingerprint density at radius 2 is 2.19 bits per heavy atom. The van der Waals surface area contributed by atoms with Crippen molar-refractivity contribution in [3.63, 3.8) is 0 Å². The van der Waals surface area contributed by atoms with Gasteiger partial charge in [0.05, 0.1) is 25.9 Å². The standard InChI is InChI=1S/C11H24N2O2.ClH/c1-3-11-9-15-10(2)8-13(11)5-7-14-6-4-12;/h10-11H,3-9,12H2,1-2H3;1H. The monoisotopic (exact) mass is 252 g/mol. The zero-order valence-corrected chi connectivity index (χ0v) is 11.2. The molecule has 0 amide bonds. The molecule has 0 saturated carbocycles. The quantitative estimate of drug-likeness (QED) is 0.713. The molecule has 0 spiro atoms. The van der Waals surface area contributed by atoms with Crippen LogP contribution >= 0.6 is 12.4 Å². The Balaban J connectivity index is 0.00000225. The molecule has 16 heavy (non-hydrogen) atoms. The molecule has 98 valence electrons. The molecule has 0 aromatic carbocycles. The molecule has 1 aliphatic heterocycles. The van der Waals surface area contributed by atoms with Crippen molar-refractivity contribution in [2.75, 3.05) is 39.5 Å². The molecule has 1 fully saturated rings. The zero-order valence-electron chi connectivity index (χ0n) is 10.4. The lowest BCUT2D eigenvalue weighted by Crippen LogP contribution is -2.49. The van der Waals surface area contributed by atoms with Crippen molar-refractivity contribution in [3.05, 3.63) is 0 Å². The van der Waals surface area contributed by atoms with Gasteiger partial charge in [-0.3, -0.25) is 4.90 Å². The zero-order chi connectivity index (χ0) is 11.1. The van der Waals surface area contributed by atoms with Crippen LogP contribution in [-0.2, 0) is 9.47 Å². The Bertz CT molecular complexity index is 172. The summed E-state index contributed by atoms with van der Waals surface area (Å²) in [5.74, 6) is 0. The van der Waals surface area contributed by atoms with Crippen LogP contribution < -0.4 is 5.73 Å². The highest BCUT2D eigenvalue weighted by Gasteiger charge is 2.24. The molecule has 0 aromatic rings. The van der Waals surface area contributed by atoms with Crippen LogP contribution in [0.5, 0.6) is 0 Å². The summed E-state index contributed by atoms with van der Waals surface area (Å²) in [6, 6.07) is 0.558. The van der Waals surface area contributed by atoms with Gasteiger partial charge in [0.2, 0.25) is 0 Å². The predicted molar refractivity (Wildman–Crippen MR) is 68.2 cm³/mol. The minimum Gasteiger partial charge on any atom is -0.379 e. The van der Waals surface area contributed by atoms with Crippen LogP contribution in [0, 0.1) is 0 Å². The Morgan fingerprint density at radius 1 is 1.44 bits per heavy atom. The smallest absolute Gasteiger partial charge is 0.0674 e. The van der Waals surface area contributed by atoms with Crippen molar-refractivity contribution < 1.29 is 9.47 Å². The van der Waals surface area contributed by atoms with Gasteiger partial charge in [-0.25, -0.2) is 0 Å². The molecule has 2 atom stereocenters. The molecule has 2 unspecified atom stereocenters. The van der Waals surface area contributed by atoms with Crippen LogP contribution in [0.4, 0.5) is 0 Å². The first-order valence-corrected chi connectivity index (χ1v) is 5.91. The van der Waals surface area contributed by atoms with Gasteiger partial charge < -0.3 is 15.2 Å². The van der Waals surface area contributed by atoms with Gasteiger partial charge in [-0.1, -0.05) is 6.92 Å². The van der Waals surface area contributed by atoms with Crippen LogP contribution in [0.15, 0.2) is 0 Å². The molecule has 1 saturated heterocycles. The first kappa shape index (κ1) is 16.1. The van der Waals surface area contributed by atoms with Crippen LogP contribution in [0.2, 0.25) is 0 Å². The number of halogens is 1. The van der Waals surface area contributed by atoms with E-state index >= 15 is 0 Å². The average molecular weight is 253 g/mol. The molecule has 5 heteroatoms. The first-order chi connectivity index (χ1) is 7.27. The van der Waals surface area contributed by atoms with E-state index in [9.17, 15) is 0 Å². The number of ether oxygens (including phenoxy) is 2. The maximum absolute atomic E-state index is 5.64. The fourth-order valence-electron chi connectivity index (χ4n) is 1.93. The summed E-state index contributed by atoms with van der Waals surface area (Å²) < 4.78 is 11.0. The van der Waals surface area contributed by atoms with E-state index in [0.29, 0.717) is 25.3 Å².